The van der Waals surface area contributed by atoms with Gasteiger partial charge in [-0.2, -0.15) is 0 Å². The Morgan fingerprint density at radius 1 is 1.50 bits per heavy atom. The molecule has 1 unspecified atom stereocenters. The standard InChI is InChI=1S/C15H16ClFN2O3/c1-8-11(9(2)22-19-8)6-15(21)18-14(7-20)10-3-4-12(16)13(17)5-10/h3-5,14,20H,6-7H2,1-2H3,(H,18,21). The van der Waals surface area contributed by atoms with Crippen LogP contribution in [0, 0.1) is 19.7 Å². The number of aliphatic hydroxyl groups excluding tert-OH is 1. The van der Waals surface area contributed by atoms with Crippen molar-refractivity contribution < 1.29 is 18.8 Å². The summed E-state index contributed by atoms with van der Waals surface area (Å²) < 4.78 is 18.5. The molecular formula is C15H16ClFN2O3. The average molecular weight is 327 g/mol. The Labute approximate surface area is 132 Å². The number of hydrogen-bond donors (Lipinski definition) is 2. The van der Waals surface area contributed by atoms with Crippen LogP contribution < -0.4 is 5.32 Å². The first-order chi connectivity index (χ1) is 10.4. The third-order valence-corrected chi connectivity index (χ3v) is 3.69. The van der Waals surface area contributed by atoms with E-state index in [1.807, 2.05) is 0 Å². The summed E-state index contributed by atoms with van der Waals surface area (Å²) in [4.78, 5) is 12.1. The minimum Gasteiger partial charge on any atom is -0.394 e. The number of nitrogens with one attached hydrogen (secondary N) is 1. The van der Waals surface area contributed by atoms with E-state index in [9.17, 15) is 14.3 Å². The van der Waals surface area contributed by atoms with E-state index in [0.29, 0.717) is 22.6 Å². The van der Waals surface area contributed by atoms with Crippen LogP contribution in [0.3, 0.4) is 0 Å². The number of nitrogens with zero attached hydrogens (tertiary/aromatic N) is 1. The monoisotopic (exact) mass is 326 g/mol. The third-order valence-electron chi connectivity index (χ3n) is 3.38. The largest absolute Gasteiger partial charge is 0.394 e. The first-order valence-electron chi connectivity index (χ1n) is 6.69. The predicted molar refractivity (Wildman–Crippen MR) is 79.1 cm³/mol. The summed E-state index contributed by atoms with van der Waals surface area (Å²) in [5.74, 6) is -0.341. The molecule has 0 saturated carbocycles. The second kappa shape index (κ2) is 6.89. The van der Waals surface area contributed by atoms with Gasteiger partial charge in [0.15, 0.2) is 0 Å². The smallest absolute Gasteiger partial charge is 0.225 e. The summed E-state index contributed by atoms with van der Waals surface area (Å²) >= 11 is 5.62. The summed E-state index contributed by atoms with van der Waals surface area (Å²) in [7, 11) is 0. The van der Waals surface area contributed by atoms with Crippen molar-refractivity contribution in [1.29, 1.82) is 0 Å². The minimum absolute atomic E-state index is 0.0116. The molecule has 22 heavy (non-hydrogen) atoms. The second-order valence-electron chi connectivity index (χ2n) is 4.96. The fourth-order valence-corrected chi connectivity index (χ4v) is 2.24. The molecule has 118 valence electrons. The van der Waals surface area contributed by atoms with Gasteiger partial charge in [0.2, 0.25) is 5.91 Å². The molecule has 5 nitrogen and oxygen atoms in total. The van der Waals surface area contributed by atoms with Crippen molar-refractivity contribution in [2.24, 2.45) is 0 Å². The molecule has 0 aliphatic rings. The number of aryl methyl sites for hydroxylation is 2. The summed E-state index contributed by atoms with van der Waals surface area (Å²) in [6.07, 6.45) is 0.0771. The van der Waals surface area contributed by atoms with Gasteiger partial charge < -0.3 is 14.9 Å². The number of carbonyl (C=O) groups is 1. The lowest BCUT2D eigenvalue weighted by Gasteiger charge is -2.17. The molecule has 2 N–H and O–H groups in total. The molecule has 1 atom stereocenters. The quantitative estimate of drug-likeness (QED) is 0.885. The zero-order chi connectivity index (χ0) is 16.3. The van der Waals surface area contributed by atoms with Crippen molar-refractivity contribution in [3.8, 4) is 0 Å². The van der Waals surface area contributed by atoms with Crippen molar-refractivity contribution in [2.45, 2.75) is 26.3 Å². The van der Waals surface area contributed by atoms with Crippen LogP contribution in [0.25, 0.3) is 0 Å². The van der Waals surface area contributed by atoms with Crippen LogP contribution in [0.4, 0.5) is 4.39 Å². The van der Waals surface area contributed by atoms with Crippen LogP contribution in [0.2, 0.25) is 5.02 Å². The van der Waals surface area contributed by atoms with E-state index < -0.39 is 11.9 Å². The molecule has 0 spiro atoms. The first-order valence-corrected chi connectivity index (χ1v) is 7.07. The first kappa shape index (κ1) is 16.5. The van der Waals surface area contributed by atoms with Crippen molar-refractivity contribution >= 4 is 17.5 Å². The maximum absolute atomic E-state index is 13.5. The summed E-state index contributed by atoms with van der Waals surface area (Å²) in [6.45, 7) is 3.12. The summed E-state index contributed by atoms with van der Waals surface area (Å²) in [5.41, 5.74) is 1.79. The van der Waals surface area contributed by atoms with E-state index in [4.69, 9.17) is 16.1 Å². The van der Waals surface area contributed by atoms with Crippen LogP contribution in [0.1, 0.15) is 28.6 Å². The molecule has 0 aliphatic carbocycles. The summed E-state index contributed by atoms with van der Waals surface area (Å²) in [6, 6.07) is 3.43. The molecule has 1 amide bonds. The number of rotatable bonds is 5. The highest BCUT2D eigenvalue weighted by molar-refractivity contribution is 6.30. The second-order valence-corrected chi connectivity index (χ2v) is 5.36. The van der Waals surface area contributed by atoms with Gasteiger partial charge in [0.1, 0.15) is 11.6 Å². The van der Waals surface area contributed by atoms with Crippen LogP contribution in [-0.4, -0.2) is 22.8 Å². The molecule has 0 radical (unpaired) electrons. The number of amides is 1. The normalized spacial score (nSPS) is 12.2. The minimum atomic E-state index is -0.709. The van der Waals surface area contributed by atoms with Gasteiger partial charge >= 0.3 is 0 Å². The van der Waals surface area contributed by atoms with Crippen LogP contribution in [-0.2, 0) is 11.2 Å². The Balaban J connectivity index is 2.09. The van der Waals surface area contributed by atoms with Crippen molar-refractivity contribution in [3.63, 3.8) is 0 Å². The highest BCUT2D eigenvalue weighted by atomic mass is 35.5. The summed E-state index contributed by atoms with van der Waals surface area (Å²) in [5, 5.41) is 15.8. The van der Waals surface area contributed by atoms with E-state index in [1.165, 1.54) is 12.1 Å². The molecule has 0 aliphatic heterocycles. The molecule has 0 saturated heterocycles. The molecule has 2 rings (SSSR count). The van der Waals surface area contributed by atoms with Gasteiger partial charge in [0, 0.05) is 5.56 Å². The number of halogens is 2. The number of aromatic nitrogens is 1. The fourth-order valence-electron chi connectivity index (χ4n) is 2.12. The van der Waals surface area contributed by atoms with Crippen molar-refractivity contribution in [1.82, 2.24) is 10.5 Å². The van der Waals surface area contributed by atoms with Crippen LogP contribution >= 0.6 is 11.6 Å². The molecule has 7 heteroatoms. The lowest BCUT2D eigenvalue weighted by molar-refractivity contribution is -0.121. The molecule has 0 fully saturated rings. The highest BCUT2D eigenvalue weighted by Crippen LogP contribution is 2.20. The zero-order valence-corrected chi connectivity index (χ0v) is 12.9. The average Bonchev–Trinajstić information content (AvgIpc) is 2.79. The maximum Gasteiger partial charge on any atom is 0.225 e. The van der Waals surface area contributed by atoms with Gasteiger partial charge in [0.25, 0.3) is 0 Å². The molecule has 1 aromatic heterocycles. The van der Waals surface area contributed by atoms with Crippen molar-refractivity contribution in [3.05, 3.63) is 51.6 Å². The van der Waals surface area contributed by atoms with E-state index in [-0.39, 0.29) is 24.0 Å². The van der Waals surface area contributed by atoms with Gasteiger partial charge in [-0.05, 0) is 31.5 Å². The molecule has 0 bridgehead atoms. The van der Waals surface area contributed by atoms with Crippen molar-refractivity contribution in [2.75, 3.05) is 6.61 Å². The lowest BCUT2D eigenvalue weighted by Crippen LogP contribution is -2.32. The fraction of sp³-hybridized carbons (Fsp3) is 0.333. The van der Waals surface area contributed by atoms with E-state index in [0.717, 1.165) is 0 Å². The van der Waals surface area contributed by atoms with Gasteiger partial charge in [-0.15, -0.1) is 0 Å². The van der Waals surface area contributed by atoms with E-state index in [1.54, 1.807) is 19.9 Å². The number of hydrogen-bond acceptors (Lipinski definition) is 4. The predicted octanol–water partition coefficient (Wildman–Crippen LogP) is 2.48. The molecular weight excluding hydrogens is 311 g/mol. The Morgan fingerprint density at radius 2 is 2.23 bits per heavy atom. The molecule has 2 aromatic rings. The highest BCUT2D eigenvalue weighted by Gasteiger charge is 2.18. The molecule has 1 heterocycles. The Morgan fingerprint density at radius 3 is 2.77 bits per heavy atom. The van der Waals surface area contributed by atoms with E-state index in [2.05, 4.69) is 10.5 Å². The SMILES string of the molecule is Cc1noc(C)c1CC(=O)NC(CO)c1ccc(Cl)c(F)c1. The van der Waals surface area contributed by atoms with Gasteiger partial charge in [-0.1, -0.05) is 22.8 Å². The lowest BCUT2D eigenvalue weighted by atomic mass is 10.1. The number of benzene rings is 1. The van der Waals surface area contributed by atoms with E-state index >= 15 is 0 Å². The number of aliphatic hydroxyl groups is 1. The topological polar surface area (TPSA) is 75.4 Å². The maximum atomic E-state index is 13.5. The third kappa shape index (κ3) is 3.64. The Hall–Kier alpha value is -1.92. The Kier molecular flexibility index (Phi) is 5.15. The van der Waals surface area contributed by atoms with Gasteiger partial charge in [-0.25, -0.2) is 4.39 Å². The number of carbonyl (C=O) groups excluding carboxylic acids is 1. The molecule has 1 aromatic carbocycles. The van der Waals surface area contributed by atoms with Crippen LogP contribution in [0.5, 0.6) is 0 Å². The Bertz CT molecular complexity index is 668. The van der Waals surface area contributed by atoms with Gasteiger partial charge in [0.05, 0.1) is 29.8 Å². The van der Waals surface area contributed by atoms with Gasteiger partial charge in [-0.3, -0.25) is 4.79 Å². The zero-order valence-electron chi connectivity index (χ0n) is 12.2. The van der Waals surface area contributed by atoms with Crippen LogP contribution in [0.15, 0.2) is 22.7 Å².